The zero-order valence-corrected chi connectivity index (χ0v) is 10.7. The van der Waals surface area contributed by atoms with E-state index in [0.717, 1.165) is 0 Å². The van der Waals surface area contributed by atoms with Gasteiger partial charge in [-0.25, -0.2) is 4.79 Å². The lowest BCUT2D eigenvalue weighted by atomic mass is 9.81. The van der Waals surface area contributed by atoms with Gasteiger partial charge < -0.3 is 9.47 Å². The van der Waals surface area contributed by atoms with Crippen LogP contribution in [0.4, 0.5) is 0 Å². The van der Waals surface area contributed by atoms with E-state index in [-0.39, 0.29) is 0 Å². The normalized spacial score (nSPS) is 22.5. The number of esters is 1. The highest BCUT2D eigenvalue weighted by molar-refractivity contribution is 6.31. The lowest BCUT2D eigenvalue weighted by molar-refractivity contribution is 0.0600. The Bertz CT molecular complexity index is 515. The third-order valence-electron chi connectivity index (χ3n) is 3.14. The van der Waals surface area contributed by atoms with E-state index in [1.54, 1.807) is 12.1 Å². The van der Waals surface area contributed by atoms with E-state index in [0.29, 0.717) is 35.8 Å². The molecule has 1 aromatic rings. The first-order chi connectivity index (χ1) is 8.63. The van der Waals surface area contributed by atoms with Gasteiger partial charge in [-0.1, -0.05) is 17.7 Å². The molecule has 2 rings (SSSR count). The summed E-state index contributed by atoms with van der Waals surface area (Å²) in [5.41, 5.74) is 0.376. The van der Waals surface area contributed by atoms with Gasteiger partial charge in [0, 0.05) is 11.6 Å². The number of methoxy groups -OCH3 is 1. The lowest BCUT2D eigenvalue weighted by Gasteiger charge is -2.20. The first-order valence-electron chi connectivity index (χ1n) is 5.50. The molecule has 0 aromatic heterocycles. The molecule has 0 spiro atoms. The molecule has 1 aliphatic heterocycles. The summed E-state index contributed by atoms with van der Waals surface area (Å²) in [7, 11) is 1.31. The minimum absolute atomic E-state index is 0.334. The average molecular weight is 266 g/mol. The molecule has 0 aliphatic carbocycles. The zero-order valence-electron chi connectivity index (χ0n) is 9.90. The number of rotatable bonds is 2. The highest BCUT2D eigenvalue weighted by atomic mass is 35.5. The van der Waals surface area contributed by atoms with Crippen LogP contribution in [0.3, 0.4) is 0 Å². The number of halogens is 1. The van der Waals surface area contributed by atoms with Crippen molar-refractivity contribution in [2.45, 2.75) is 11.8 Å². The van der Waals surface area contributed by atoms with Crippen molar-refractivity contribution in [1.29, 1.82) is 5.26 Å². The molecule has 1 saturated heterocycles. The van der Waals surface area contributed by atoms with Crippen LogP contribution in [0, 0.1) is 11.3 Å². The highest BCUT2D eigenvalue weighted by Gasteiger charge is 2.38. The zero-order chi connectivity index (χ0) is 13.2. The first-order valence-corrected chi connectivity index (χ1v) is 5.88. The van der Waals surface area contributed by atoms with Crippen molar-refractivity contribution >= 4 is 17.6 Å². The number of nitriles is 1. The quantitative estimate of drug-likeness (QED) is 0.770. The van der Waals surface area contributed by atoms with Crippen molar-refractivity contribution < 1.29 is 14.3 Å². The van der Waals surface area contributed by atoms with E-state index in [4.69, 9.17) is 16.3 Å². The number of hydrogen-bond donors (Lipinski definition) is 0. The fourth-order valence-electron chi connectivity index (χ4n) is 2.07. The van der Waals surface area contributed by atoms with Crippen LogP contribution >= 0.6 is 11.6 Å². The molecule has 1 atom stereocenters. The molecule has 0 radical (unpaired) electrons. The summed E-state index contributed by atoms with van der Waals surface area (Å²) in [6, 6.07) is 7.12. The lowest BCUT2D eigenvalue weighted by Crippen LogP contribution is -2.24. The van der Waals surface area contributed by atoms with Gasteiger partial charge in [-0.05, 0) is 24.1 Å². The van der Waals surface area contributed by atoms with Gasteiger partial charge in [0.25, 0.3) is 0 Å². The highest BCUT2D eigenvalue weighted by Crippen LogP contribution is 2.37. The van der Waals surface area contributed by atoms with Gasteiger partial charge in [-0.3, -0.25) is 0 Å². The maximum absolute atomic E-state index is 11.4. The van der Waals surface area contributed by atoms with E-state index >= 15 is 0 Å². The fraction of sp³-hybridized carbons (Fsp3) is 0.385. The summed E-state index contributed by atoms with van der Waals surface area (Å²) in [5.74, 6) is -0.447. The van der Waals surface area contributed by atoms with Crippen LogP contribution in [0.5, 0.6) is 0 Å². The smallest absolute Gasteiger partial charge is 0.337 e. The van der Waals surface area contributed by atoms with E-state index in [2.05, 4.69) is 10.8 Å². The van der Waals surface area contributed by atoms with E-state index < -0.39 is 11.4 Å². The number of carbonyl (C=O) groups is 1. The monoisotopic (exact) mass is 265 g/mol. The maximum Gasteiger partial charge on any atom is 0.337 e. The molecule has 1 aliphatic rings. The molecule has 4 nitrogen and oxygen atoms in total. The minimum atomic E-state index is -0.703. The Morgan fingerprint density at radius 1 is 1.61 bits per heavy atom. The predicted molar refractivity (Wildman–Crippen MR) is 65.5 cm³/mol. The number of hydrogen-bond acceptors (Lipinski definition) is 4. The van der Waals surface area contributed by atoms with Crippen molar-refractivity contribution in [2.24, 2.45) is 0 Å². The largest absolute Gasteiger partial charge is 0.465 e. The number of benzene rings is 1. The van der Waals surface area contributed by atoms with Crippen LogP contribution in [0.25, 0.3) is 0 Å². The van der Waals surface area contributed by atoms with Crippen molar-refractivity contribution in [3.8, 4) is 6.07 Å². The number of carbonyl (C=O) groups excluding carboxylic acids is 1. The predicted octanol–water partition coefficient (Wildman–Crippen LogP) is 2.31. The van der Waals surface area contributed by atoms with Crippen molar-refractivity contribution in [2.75, 3.05) is 20.3 Å². The molecule has 18 heavy (non-hydrogen) atoms. The summed E-state index contributed by atoms with van der Waals surface area (Å²) >= 11 is 6.16. The maximum atomic E-state index is 11.4. The van der Waals surface area contributed by atoms with Gasteiger partial charge >= 0.3 is 5.97 Å². The SMILES string of the molecule is COC(=O)c1ccc(C2(C#N)CCOC2)c(Cl)c1. The third kappa shape index (κ3) is 2.07. The van der Waals surface area contributed by atoms with Crippen LogP contribution in [0.2, 0.25) is 5.02 Å². The van der Waals surface area contributed by atoms with Gasteiger partial charge in [0.05, 0.1) is 25.3 Å². The molecular formula is C13H12ClNO3. The standard InChI is InChI=1S/C13H12ClNO3/c1-17-12(16)9-2-3-10(11(14)6-9)13(7-15)4-5-18-8-13/h2-3,6H,4-5,8H2,1H3. The van der Waals surface area contributed by atoms with Crippen LogP contribution in [-0.2, 0) is 14.9 Å². The molecule has 0 bridgehead atoms. The van der Waals surface area contributed by atoms with Crippen LogP contribution < -0.4 is 0 Å². The van der Waals surface area contributed by atoms with Gasteiger partial charge in [0.2, 0.25) is 0 Å². The Hall–Kier alpha value is -1.57. The summed E-state index contributed by atoms with van der Waals surface area (Å²) in [6.07, 6.45) is 0.612. The Labute approximate surface area is 110 Å². The molecule has 94 valence electrons. The molecule has 0 saturated carbocycles. The van der Waals surface area contributed by atoms with Crippen LogP contribution in [-0.4, -0.2) is 26.3 Å². The molecule has 1 aromatic carbocycles. The van der Waals surface area contributed by atoms with Crippen molar-refractivity contribution in [1.82, 2.24) is 0 Å². The molecule has 0 amide bonds. The first kappa shape index (κ1) is 12.9. The second-order valence-electron chi connectivity index (χ2n) is 4.18. The Morgan fingerprint density at radius 2 is 2.39 bits per heavy atom. The van der Waals surface area contributed by atoms with E-state index in [9.17, 15) is 10.1 Å². The van der Waals surface area contributed by atoms with Gasteiger partial charge in [-0.2, -0.15) is 5.26 Å². The van der Waals surface area contributed by atoms with E-state index in [1.807, 2.05) is 0 Å². The second kappa shape index (κ2) is 4.97. The molecule has 0 N–H and O–H groups in total. The molecular weight excluding hydrogens is 254 g/mol. The van der Waals surface area contributed by atoms with E-state index in [1.165, 1.54) is 13.2 Å². The fourth-order valence-corrected chi connectivity index (χ4v) is 2.44. The topological polar surface area (TPSA) is 59.3 Å². The summed E-state index contributed by atoms with van der Waals surface area (Å²) in [6.45, 7) is 0.878. The molecule has 1 heterocycles. The molecule has 5 heteroatoms. The second-order valence-corrected chi connectivity index (χ2v) is 4.59. The van der Waals surface area contributed by atoms with Crippen molar-refractivity contribution in [3.63, 3.8) is 0 Å². The van der Waals surface area contributed by atoms with Gasteiger partial charge in [0.15, 0.2) is 0 Å². The average Bonchev–Trinajstić information content (AvgIpc) is 2.87. The Balaban J connectivity index is 2.42. The number of ether oxygens (including phenoxy) is 2. The van der Waals surface area contributed by atoms with Crippen LogP contribution in [0.1, 0.15) is 22.3 Å². The van der Waals surface area contributed by atoms with Gasteiger partial charge in [-0.15, -0.1) is 0 Å². The number of nitrogens with zero attached hydrogens (tertiary/aromatic N) is 1. The van der Waals surface area contributed by atoms with Crippen molar-refractivity contribution in [3.05, 3.63) is 34.3 Å². The Morgan fingerprint density at radius 3 is 2.89 bits per heavy atom. The Kier molecular flexibility index (Phi) is 3.55. The molecule has 1 fully saturated rings. The summed E-state index contributed by atoms with van der Waals surface area (Å²) in [5, 5.41) is 9.73. The molecule has 1 unspecified atom stereocenters. The minimum Gasteiger partial charge on any atom is -0.465 e. The third-order valence-corrected chi connectivity index (χ3v) is 3.45. The summed E-state index contributed by atoms with van der Waals surface area (Å²) in [4.78, 5) is 11.4. The van der Waals surface area contributed by atoms with Crippen LogP contribution in [0.15, 0.2) is 18.2 Å². The van der Waals surface area contributed by atoms with Gasteiger partial charge in [0.1, 0.15) is 5.41 Å². The summed E-state index contributed by atoms with van der Waals surface area (Å²) < 4.78 is 9.91.